The van der Waals surface area contributed by atoms with E-state index in [1.165, 1.54) is 23.1 Å². The lowest BCUT2D eigenvalue weighted by Gasteiger charge is -2.17. The highest BCUT2D eigenvalue weighted by Crippen LogP contribution is 2.35. The van der Waals surface area contributed by atoms with Gasteiger partial charge in [0, 0.05) is 13.1 Å². The second-order valence-electron chi connectivity index (χ2n) is 4.56. The van der Waals surface area contributed by atoms with Crippen LogP contribution in [0, 0.1) is 0 Å². The number of ether oxygens (including phenoxy) is 1. The number of hydrogen-bond donors (Lipinski definition) is 1. The number of amides is 1. The van der Waals surface area contributed by atoms with Crippen molar-refractivity contribution in [3.63, 3.8) is 0 Å². The molecule has 0 aromatic heterocycles. The molecule has 0 unspecified atom stereocenters. The molecule has 7 heteroatoms. The molecule has 0 saturated carbocycles. The van der Waals surface area contributed by atoms with Crippen molar-refractivity contribution in [3.8, 4) is 5.75 Å². The molecule has 1 heterocycles. The van der Waals surface area contributed by atoms with E-state index >= 15 is 0 Å². The van der Waals surface area contributed by atoms with Crippen molar-refractivity contribution in [2.75, 3.05) is 19.7 Å². The molecule has 1 fully saturated rings. The molecular weight excluding hydrogens is 275 g/mol. The van der Waals surface area contributed by atoms with Gasteiger partial charge in [-0.2, -0.15) is 13.2 Å². The highest BCUT2D eigenvalue weighted by molar-refractivity contribution is 5.78. The molecule has 1 aliphatic rings. The summed E-state index contributed by atoms with van der Waals surface area (Å²) >= 11 is 0. The summed E-state index contributed by atoms with van der Waals surface area (Å²) in [6, 6.07) is 4.75. The molecule has 0 radical (unpaired) electrons. The molecule has 0 spiro atoms. The summed E-state index contributed by atoms with van der Waals surface area (Å²) < 4.78 is 43.1. The molecule has 0 aliphatic carbocycles. The summed E-state index contributed by atoms with van der Waals surface area (Å²) in [5, 5.41) is 9.30. The number of benzene rings is 1. The van der Waals surface area contributed by atoms with Crippen LogP contribution in [0.2, 0.25) is 0 Å². The molecule has 1 aliphatic heterocycles. The zero-order valence-corrected chi connectivity index (χ0v) is 10.6. The lowest BCUT2D eigenvalue weighted by atomic mass is 10.2. The van der Waals surface area contributed by atoms with Gasteiger partial charge < -0.3 is 14.7 Å². The highest BCUT2D eigenvalue weighted by atomic mass is 19.4. The predicted octanol–water partition coefficient (Wildman–Crippen LogP) is 1.68. The zero-order chi connectivity index (χ0) is 14.8. The van der Waals surface area contributed by atoms with Gasteiger partial charge in [0.1, 0.15) is 5.75 Å². The van der Waals surface area contributed by atoms with Gasteiger partial charge >= 0.3 is 6.18 Å². The van der Waals surface area contributed by atoms with E-state index in [2.05, 4.69) is 0 Å². The van der Waals surface area contributed by atoms with E-state index in [9.17, 15) is 23.1 Å². The second kappa shape index (κ2) is 5.70. The fourth-order valence-electron chi connectivity index (χ4n) is 2.03. The number of aliphatic hydroxyl groups is 1. The maximum absolute atomic E-state index is 12.7. The van der Waals surface area contributed by atoms with Crippen molar-refractivity contribution in [3.05, 3.63) is 29.8 Å². The first-order chi connectivity index (χ1) is 9.38. The van der Waals surface area contributed by atoms with Crippen LogP contribution in [0.15, 0.2) is 24.3 Å². The van der Waals surface area contributed by atoms with Crippen molar-refractivity contribution in [1.82, 2.24) is 4.90 Å². The number of rotatable bonds is 3. The Morgan fingerprint density at radius 2 is 2.10 bits per heavy atom. The van der Waals surface area contributed by atoms with Crippen molar-refractivity contribution in [1.29, 1.82) is 0 Å². The molecule has 2 rings (SSSR count). The van der Waals surface area contributed by atoms with Crippen LogP contribution < -0.4 is 4.74 Å². The lowest BCUT2D eigenvalue weighted by Crippen LogP contribution is -2.33. The first kappa shape index (κ1) is 14.6. The number of alkyl halides is 3. The first-order valence-electron chi connectivity index (χ1n) is 6.13. The second-order valence-corrected chi connectivity index (χ2v) is 4.56. The number of aliphatic hydroxyl groups excluding tert-OH is 1. The normalized spacial score (nSPS) is 19.2. The Morgan fingerprint density at radius 1 is 1.40 bits per heavy atom. The van der Waals surface area contributed by atoms with Crippen LogP contribution in [0.25, 0.3) is 0 Å². The number of para-hydroxylation sites is 1. The SMILES string of the molecule is O=C(COc1ccccc1C(F)(F)F)N1CC[C@@H](O)C1. The third-order valence-corrected chi connectivity index (χ3v) is 3.06. The van der Waals surface area contributed by atoms with Gasteiger partial charge in [0.25, 0.3) is 5.91 Å². The van der Waals surface area contributed by atoms with Gasteiger partial charge in [-0.15, -0.1) is 0 Å². The molecule has 1 atom stereocenters. The molecule has 1 saturated heterocycles. The van der Waals surface area contributed by atoms with E-state index in [1.807, 2.05) is 0 Å². The Labute approximate surface area is 113 Å². The van der Waals surface area contributed by atoms with Crippen LogP contribution in [-0.4, -0.2) is 41.7 Å². The standard InChI is InChI=1S/C13H14F3NO3/c14-13(15,16)10-3-1-2-4-11(10)20-8-12(19)17-6-5-9(18)7-17/h1-4,9,18H,5-8H2/t9-/m1/s1. The van der Waals surface area contributed by atoms with Gasteiger partial charge in [-0.3, -0.25) is 4.79 Å². The summed E-state index contributed by atoms with van der Waals surface area (Å²) in [5.74, 6) is -0.799. The zero-order valence-electron chi connectivity index (χ0n) is 10.6. The largest absolute Gasteiger partial charge is 0.483 e. The summed E-state index contributed by atoms with van der Waals surface area (Å²) in [6.45, 7) is 0.118. The van der Waals surface area contributed by atoms with E-state index in [0.717, 1.165) is 6.07 Å². The van der Waals surface area contributed by atoms with Crippen LogP contribution >= 0.6 is 0 Å². The predicted molar refractivity (Wildman–Crippen MR) is 64.1 cm³/mol. The maximum atomic E-state index is 12.7. The Bertz CT molecular complexity index is 490. The minimum Gasteiger partial charge on any atom is -0.483 e. The van der Waals surface area contributed by atoms with Gasteiger partial charge in [0.05, 0.1) is 11.7 Å². The number of halogens is 3. The summed E-state index contributed by atoms with van der Waals surface area (Å²) in [7, 11) is 0. The van der Waals surface area contributed by atoms with Gasteiger partial charge in [-0.05, 0) is 18.6 Å². The molecule has 1 amide bonds. The van der Waals surface area contributed by atoms with E-state index in [0.29, 0.717) is 13.0 Å². The van der Waals surface area contributed by atoms with Crippen LogP contribution in [0.4, 0.5) is 13.2 Å². The molecule has 1 aromatic carbocycles. The minimum absolute atomic E-state index is 0.198. The molecular formula is C13H14F3NO3. The van der Waals surface area contributed by atoms with Crippen molar-refractivity contribution in [2.45, 2.75) is 18.7 Å². The third kappa shape index (κ3) is 3.41. The van der Waals surface area contributed by atoms with Crippen LogP contribution in [0.5, 0.6) is 5.75 Å². The first-order valence-corrected chi connectivity index (χ1v) is 6.13. The van der Waals surface area contributed by atoms with E-state index in [-0.39, 0.29) is 12.3 Å². The molecule has 1 N–H and O–H groups in total. The van der Waals surface area contributed by atoms with E-state index < -0.39 is 30.4 Å². The van der Waals surface area contributed by atoms with Crippen molar-refractivity contribution < 1.29 is 27.8 Å². The van der Waals surface area contributed by atoms with E-state index in [1.54, 1.807) is 0 Å². The molecule has 110 valence electrons. The van der Waals surface area contributed by atoms with Crippen LogP contribution in [0.1, 0.15) is 12.0 Å². The summed E-state index contributed by atoms with van der Waals surface area (Å²) in [4.78, 5) is 13.1. The molecule has 20 heavy (non-hydrogen) atoms. The Kier molecular flexibility index (Phi) is 4.17. The fraction of sp³-hybridized carbons (Fsp3) is 0.462. The number of carbonyl (C=O) groups is 1. The van der Waals surface area contributed by atoms with Gasteiger partial charge in [-0.1, -0.05) is 12.1 Å². The maximum Gasteiger partial charge on any atom is 0.419 e. The number of β-amino-alcohol motifs (C(OH)–C–C–N with tert-alkyl or cyclic N) is 1. The van der Waals surface area contributed by atoms with Gasteiger partial charge in [0.15, 0.2) is 6.61 Å². The van der Waals surface area contributed by atoms with Crippen LogP contribution in [-0.2, 0) is 11.0 Å². The lowest BCUT2D eigenvalue weighted by molar-refractivity contribution is -0.140. The molecule has 0 bridgehead atoms. The fourth-order valence-corrected chi connectivity index (χ4v) is 2.03. The molecule has 1 aromatic rings. The molecule has 4 nitrogen and oxygen atoms in total. The number of carbonyl (C=O) groups excluding carboxylic acids is 1. The quantitative estimate of drug-likeness (QED) is 0.921. The topological polar surface area (TPSA) is 49.8 Å². The smallest absolute Gasteiger partial charge is 0.419 e. The summed E-state index contributed by atoms with van der Waals surface area (Å²) in [5.41, 5.74) is -0.908. The summed E-state index contributed by atoms with van der Waals surface area (Å²) in [6.07, 6.45) is -4.62. The van der Waals surface area contributed by atoms with Gasteiger partial charge in [-0.25, -0.2) is 0 Å². The van der Waals surface area contributed by atoms with E-state index in [4.69, 9.17) is 4.74 Å². The average molecular weight is 289 g/mol. The number of hydrogen-bond acceptors (Lipinski definition) is 3. The minimum atomic E-state index is -4.52. The van der Waals surface area contributed by atoms with Crippen molar-refractivity contribution >= 4 is 5.91 Å². The third-order valence-electron chi connectivity index (χ3n) is 3.06. The number of likely N-dealkylation sites (tertiary alicyclic amines) is 1. The average Bonchev–Trinajstić information content (AvgIpc) is 2.82. The Balaban J connectivity index is 1.99. The Morgan fingerprint density at radius 3 is 2.70 bits per heavy atom. The van der Waals surface area contributed by atoms with Gasteiger partial charge in [0.2, 0.25) is 0 Å². The van der Waals surface area contributed by atoms with Crippen LogP contribution in [0.3, 0.4) is 0 Å². The monoisotopic (exact) mass is 289 g/mol. The Hall–Kier alpha value is -1.76. The number of nitrogens with zero attached hydrogens (tertiary/aromatic N) is 1. The highest BCUT2D eigenvalue weighted by Gasteiger charge is 2.34. The van der Waals surface area contributed by atoms with Crippen molar-refractivity contribution in [2.24, 2.45) is 0 Å².